The number of methoxy groups -OCH3 is 1. The van der Waals surface area contributed by atoms with Crippen molar-refractivity contribution in [2.75, 3.05) is 26.8 Å². The van der Waals surface area contributed by atoms with Gasteiger partial charge in [-0.05, 0) is 69.0 Å². The predicted molar refractivity (Wildman–Crippen MR) is 128 cm³/mol. The highest BCUT2D eigenvalue weighted by Gasteiger charge is 2.26. The Labute approximate surface area is 197 Å². The molecule has 0 spiro atoms. The third-order valence-corrected chi connectivity index (χ3v) is 7.65. The summed E-state index contributed by atoms with van der Waals surface area (Å²) < 4.78 is 38.7. The monoisotopic (exact) mass is 474 g/mol. The Kier molecular flexibility index (Phi) is 8.74. The van der Waals surface area contributed by atoms with Crippen molar-refractivity contribution in [3.05, 3.63) is 53.6 Å². The summed E-state index contributed by atoms with van der Waals surface area (Å²) in [5.74, 6) is 1.22. The van der Waals surface area contributed by atoms with Crippen LogP contribution in [0.15, 0.2) is 47.4 Å². The molecule has 7 nitrogen and oxygen atoms in total. The van der Waals surface area contributed by atoms with Gasteiger partial charge in [0, 0.05) is 19.5 Å². The Morgan fingerprint density at radius 3 is 2.45 bits per heavy atom. The van der Waals surface area contributed by atoms with Crippen molar-refractivity contribution in [2.45, 2.75) is 56.9 Å². The van der Waals surface area contributed by atoms with Crippen LogP contribution in [-0.2, 0) is 21.2 Å². The molecule has 2 aromatic carbocycles. The Morgan fingerprint density at radius 1 is 1.09 bits per heavy atom. The zero-order valence-electron chi connectivity index (χ0n) is 19.7. The van der Waals surface area contributed by atoms with Gasteiger partial charge < -0.3 is 14.8 Å². The van der Waals surface area contributed by atoms with Crippen LogP contribution in [0, 0.1) is 6.92 Å². The number of rotatable bonds is 10. The maximum atomic E-state index is 13.0. The first-order valence-electron chi connectivity index (χ1n) is 11.5. The number of aryl methyl sites for hydroxylation is 2. The molecule has 1 saturated heterocycles. The molecule has 3 rings (SSSR count). The summed E-state index contributed by atoms with van der Waals surface area (Å²) in [6, 6.07) is 12.5. The van der Waals surface area contributed by atoms with Gasteiger partial charge in [-0.2, -0.15) is 4.31 Å². The van der Waals surface area contributed by atoms with E-state index in [1.54, 1.807) is 29.6 Å². The minimum absolute atomic E-state index is 0.124. The van der Waals surface area contributed by atoms with Crippen molar-refractivity contribution in [3.8, 4) is 11.5 Å². The number of benzene rings is 2. The average molecular weight is 475 g/mol. The van der Waals surface area contributed by atoms with Crippen LogP contribution in [0.1, 0.15) is 43.7 Å². The molecule has 1 aliphatic heterocycles. The number of hydrogen-bond donors (Lipinski definition) is 1. The fraction of sp³-hybridized carbons (Fsp3) is 0.480. The second kappa shape index (κ2) is 11.5. The number of nitrogens with one attached hydrogen (secondary N) is 1. The van der Waals surface area contributed by atoms with Gasteiger partial charge in [-0.1, -0.05) is 24.1 Å². The topological polar surface area (TPSA) is 84.9 Å². The third-order valence-electron chi connectivity index (χ3n) is 5.75. The summed E-state index contributed by atoms with van der Waals surface area (Å²) in [7, 11) is -2.00. The highest BCUT2D eigenvalue weighted by atomic mass is 32.2. The highest BCUT2D eigenvalue weighted by molar-refractivity contribution is 7.89. The molecule has 0 bridgehead atoms. The zero-order chi connectivity index (χ0) is 23.8. The van der Waals surface area contributed by atoms with Crippen LogP contribution in [0.5, 0.6) is 11.5 Å². The maximum absolute atomic E-state index is 13.0. The molecule has 1 heterocycles. The van der Waals surface area contributed by atoms with E-state index in [1.165, 1.54) is 0 Å². The molecule has 8 heteroatoms. The van der Waals surface area contributed by atoms with Gasteiger partial charge in [0.1, 0.15) is 18.1 Å². The van der Waals surface area contributed by atoms with E-state index < -0.39 is 10.0 Å². The number of amides is 1. The molecule has 1 N–H and O–H groups in total. The summed E-state index contributed by atoms with van der Waals surface area (Å²) in [6.07, 6.45) is 3.42. The van der Waals surface area contributed by atoms with Crippen LogP contribution >= 0.6 is 0 Å². The van der Waals surface area contributed by atoms with Crippen molar-refractivity contribution in [1.29, 1.82) is 0 Å². The number of sulfonamides is 1. The first-order chi connectivity index (χ1) is 15.8. The number of hydrogen-bond acceptors (Lipinski definition) is 5. The molecule has 1 atom stereocenters. The van der Waals surface area contributed by atoms with Gasteiger partial charge in [-0.3, -0.25) is 4.79 Å². The lowest BCUT2D eigenvalue weighted by molar-refractivity contribution is -0.121. The Morgan fingerprint density at radius 2 is 1.79 bits per heavy atom. The van der Waals surface area contributed by atoms with Gasteiger partial charge in [-0.25, -0.2) is 8.42 Å². The molecule has 0 aliphatic carbocycles. The van der Waals surface area contributed by atoms with Crippen LogP contribution < -0.4 is 14.8 Å². The minimum atomic E-state index is -3.54. The second-order valence-corrected chi connectivity index (χ2v) is 10.5. The van der Waals surface area contributed by atoms with Crippen molar-refractivity contribution in [3.63, 3.8) is 0 Å². The molecule has 33 heavy (non-hydrogen) atoms. The normalized spacial score (nSPS) is 15.6. The predicted octanol–water partition coefficient (Wildman–Crippen LogP) is 3.69. The number of carbonyl (C=O) groups is 1. The molecular weight excluding hydrogens is 440 g/mol. The summed E-state index contributed by atoms with van der Waals surface area (Å²) in [5.41, 5.74) is 1.86. The lowest BCUT2D eigenvalue weighted by Crippen LogP contribution is -2.37. The molecule has 2 aromatic rings. The van der Waals surface area contributed by atoms with Crippen LogP contribution in [0.4, 0.5) is 0 Å². The van der Waals surface area contributed by atoms with Gasteiger partial charge in [0.15, 0.2) is 0 Å². The first-order valence-corrected chi connectivity index (χ1v) is 12.9. The van der Waals surface area contributed by atoms with Crippen LogP contribution in [-0.4, -0.2) is 51.5 Å². The number of piperidine rings is 1. The van der Waals surface area contributed by atoms with Crippen molar-refractivity contribution in [2.24, 2.45) is 0 Å². The van der Waals surface area contributed by atoms with Crippen LogP contribution in [0.3, 0.4) is 0 Å². The molecule has 0 saturated carbocycles. The molecule has 0 aromatic heterocycles. The van der Waals surface area contributed by atoms with Gasteiger partial charge >= 0.3 is 0 Å². The molecule has 1 unspecified atom stereocenters. The molecule has 1 aliphatic rings. The molecular formula is C25H34N2O5S. The fourth-order valence-corrected chi connectivity index (χ4v) is 5.43. The van der Waals surface area contributed by atoms with Crippen molar-refractivity contribution >= 4 is 15.9 Å². The van der Waals surface area contributed by atoms with Crippen LogP contribution in [0.25, 0.3) is 0 Å². The molecule has 0 radical (unpaired) electrons. The largest absolute Gasteiger partial charge is 0.496 e. The van der Waals surface area contributed by atoms with E-state index in [0.717, 1.165) is 30.6 Å². The van der Waals surface area contributed by atoms with E-state index in [1.807, 2.05) is 38.1 Å². The Bertz CT molecular complexity index is 1030. The van der Waals surface area contributed by atoms with E-state index in [-0.39, 0.29) is 23.3 Å². The van der Waals surface area contributed by atoms with Gasteiger partial charge in [0.25, 0.3) is 0 Å². The van der Waals surface area contributed by atoms with E-state index in [0.29, 0.717) is 37.4 Å². The Hall–Kier alpha value is -2.58. The van der Waals surface area contributed by atoms with Gasteiger partial charge in [-0.15, -0.1) is 0 Å². The van der Waals surface area contributed by atoms with Crippen LogP contribution in [0.2, 0.25) is 0 Å². The smallest absolute Gasteiger partial charge is 0.243 e. The standard InChI is InChI=1S/C25H34N2O5S/c1-19-7-10-22(11-8-19)32-18-20(2)26-25(28)14-9-21-17-23(12-13-24(21)31-3)33(29,30)27-15-5-4-6-16-27/h7-8,10-13,17,20H,4-6,9,14-16,18H2,1-3H3,(H,26,28). The summed E-state index contributed by atoms with van der Waals surface area (Å²) in [4.78, 5) is 12.7. The van der Waals surface area contributed by atoms with E-state index >= 15 is 0 Å². The van der Waals surface area contributed by atoms with Gasteiger partial charge in [0.05, 0.1) is 18.0 Å². The zero-order valence-corrected chi connectivity index (χ0v) is 20.5. The maximum Gasteiger partial charge on any atom is 0.243 e. The average Bonchev–Trinajstić information content (AvgIpc) is 2.82. The highest BCUT2D eigenvalue weighted by Crippen LogP contribution is 2.27. The molecule has 1 fully saturated rings. The first kappa shape index (κ1) is 25.1. The molecule has 180 valence electrons. The van der Waals surface area contributed by atoms with Gasteiger partial charge in [0.2, 0.25) is 15.9 Å². The van der Waals surface area contributed by atoms with Crippen molar-refractivity contribution < 1.29 is 22.7 Å². The number of carbonyl (C=O) groups excluding carboxylic acids is 1. The summed E-state index contributed by atoms with van der Waals surface area (Å²) in [5, 5.41) is 2.93. The quantitative estimate of drug-likeness (QED) is 0.568. The SMILES string of the molecule is COc1ccc(S(=O)(=O)N2CCCCC2)cc1CCC(=O)NC(C)COc1ccc(C)cc1. The van der Waals surface area contributed by atoms with E-state index in [9.17, 15) is 13.2 Å². The lowest BCUT2D eigenvalue weighted by atomic mass is 10.1. The van der Waals surface area contributed by atoms with Crippen molar-refractivity contribution in [1.82, 2.24) is 9.62 Å². The third kappa shape index (κ3) is 6.95. The fourth-order valence-electron chi connectivity index (χ4n) is 3.86. The molecule has 1 amide bonds. The number of nitrogens with zero attached hydrogens (tertiary/aromatic N) is 1. The Balaban J connectivity index is 1.57. The summed E-state index contributed by atoms with van der Waals surface area (Å²) >= 11 is 0. The van der Waals surface area contributed by atoms with E-state index in [2.05, 4.69) is 5.32 Å². The minimum Gasteiger partial charge on any atom is -0.496 e. The number of ether oxygens (including phenoxy) is 2. The summed E-state index contributed by atoms with van der Waals surface area (Å²) in [6.45, 7) is 5.36. The lowest BCUT2D eigenvalue weighted by Gasteiger charge is -2.26. The van der Waals surface area contributed by atoms with E-state index in [4.69, 9.17) is 9.47 Å². The second-order valence-electron chi connectivity index (χ2n) is 8.53.